The van der Waals surface area contributed by atoms with Crippen molar-refractivity contribution in [2.24, 2.45) is 0 Å². The third-order valence-corrected chi connectivity index (χ3v) is 3.35. The molecule has 0 aliphatic heterocycles. The molecule has 0 aliphatic rings. The zero-order chi connectivity index (χ0) is 13.5. The van der Waals surface area contributed by atoms with Gasteiger partial charge in [0.1, 0.15) is 11.3 Å². The van der Waals surface area contributed by atoms with E-state index in [0.717, 1.165) is 16.5 Å². The van der Waals surface area contributed by atoms with Gasteiger partial charge >= 0.3 is 0 Å². The maximum Gasteiger partial charge on any atom is 0.151 e. The van der Waals surface area contributed by atoms with Crippen molar-refractivity contribution in [1.82, 2.24) is 15.0 Å². The fourth-order valence-corrected chi connectivity index (χ4v) is 2.42. The van der Waals surface area contributed by atoms with Crippen LogP contribution in [0.15, 0.2) is 54.7 Å². The van der Waals surface area contributed by atoms with Crippen LogP contribution in [0.2, 0.25) is 0 Å². The van der Waals surface area contributed by atoms with E-state index in [1.54, 1.807) is 12.3 Å². The normalized spacial score (nSPS) is 11.2. The molecule has 2 heterocycles. The summed E-state index contributed by atoms with van der Waals surface area (Å²) in [6.45, 7) is 0. The van der Waals surface area contributed by atoms with Crippen molar-refractivity contribution in [2.45, 2.75) is 0 Å². The molecule has 2 aromatic heterocycles. The van der Waals surface area contributed by atoms with Crippen LogP contribution in [0.5, 0.6) is 0 Å². The van der Waals surface area contributed by atoms with E-state index in [2.05, 4.69) is 15.0 Å². The summed E-state index contributed by atoms with van der Waals surface area (Å²) < 4.78 is 13.7. The van der Waals surface area contributed by atoms with Crippen LogP contribution in [-0.2, 0) is 0 Å². The second-order valence-corrected chi connectivity index (χ2v) is 4.60. The number of benzene rings is 2. The summed E-state index contributed by atoms with van der Waals surface area (Å²) in [5, 5.41) is 1.03. The molecule has 96 valence electrons. The van der Waals surface area contributed by atoms with Crippen molar-refractivity contribution in [3.8, 4) is 11.4 Å². The van der Waals surface area contributed by atoms with E-state index in [1.165, 1.54) is 6.07 Å². The van der Waals surface area contributed by atoms with Gasteiger partial charge in [0.15, 0.2) is 5.82 Å². The molecular formula is C16H10FN3. The Kier molecular flexibility index (Phi) is 2.29. The van der Waals surface area contributed by atoms with Gasteiger partial charge in [-0.25, -0.2) is 9.37 Å². The van der Waals surface area contributed by atoms with E-state index in [-0.39, 0.29) is 5.82 Å². The van der Waals surface area contributed by atoms with Gasteiger partial charge in [-0.1, -0.05) is 24.3 Å². The third kappa shape index (κ3) is 1.58. The number of aromatic nitrogens is 3. The smallest absolute Gasteiger partial charge is 0.151 e. The number of rotatable bonds is 1. The average Bonchev–Trinajstić information content (AvgIpc) is 2.92. The van der Waals surface area contributed by atoms with E-state index in [4.69, 9.17) is 0 Å². The molecule has 0 spiro atoms. The molecule has 4 heteroatoms. The lowest BCUT2D eigenvalue weighted by atomic mass is 10.1. The third-order valence-electron chi connectivity index (χ3n) is 3.35. The molecular weight excluding hydrogens is 253 g/mol. The number of fused-ring (bicyclic) bond motifs is 2. The van der Waals surface area contributed by atoms with Crippen LogP contribution in [0, 0.1) is 5.82 Å². The molecule has 0 saturated heterocycles. The molecule has 0 amide bonds. The van der Waals surface area contributed by atoms with E-state index in [9.17, 15) is 4.39 Å². The molecule has 4 aromatic rings. The Bertz CT molecular complexity index is 922. The Balaban J connectivity index is 2.04. The van der Waals surface area contributed by atoms with Crippen LogP contribution in [0.4, 0.5) is 4.39 Å². The van der Waals surface area contributed by atoms with Gasteiger partial charge < -0.3 is 4.98 Å². The molecule has 0 bridgehead atoms. The number of pyridine rings is 1. The van der Waals surface area contributed by atoms with Gasteiger partial charge in [0.05, 0.1) is 11.0 Å². The summed E-state index contributed by atoms with van der Waals surface area (Å²) in [6, 6.07) is 14.7. The Hall–Kier alpha value is -2.75. The topological polar surface area (TPSA) is 41.6 Å². The highest BCUT2D eigenvalue weighted by molar-refractivity contribution is 5.93. The van der Waals surface area contributed by atoms with Crippen molar-refractivity contribution in [1.29, 1.82) is 0 Å². The van der Waals surface area contributed by atoms with Crippen LogP contribution < -0.4 is 0 Å². The number of hydrogen-bond acceptors (Lipinski definition) is 2. The lowest BCUT2D eigenvalue weighted by Gasteiger charge is -2.01. The maximum absolute atomic E-state index is 13.7. The fraction of sp³-hybridized carbons (Fsp3) is 0. The predicted molar refractivity (Wildman–Crippen MR) is 76.8 cm³/mol. The predicted octanol–water partition coefficient (Wildman–Crippen LogP) is 3.92. The SMILES string of the molecule is Fc1cccc2[nH]c(-c3cccc4cccnc34)nc12. The maximum atomic E-state index is 13.7. The second-order valence-electron chi connectivity index (χ2n) is 4.60. The van der Waals surface area contributed by atoms with Gasteiger partial charge in [0.25, 0.3) is 0 Å². The van der Waals surface area contributed by atoms with E-state index in [1.807, 2.05) is 36.4 Å². The zero-order valence-electron chi connectivity index (χ0n) is 10.5. The van der Waals surface area contributed by atoms with Gasteiger partial charge in [-0.05, 0) is 24.3 Å². The Morgan fingerprint density at radius 2 is 1.75 bits per heavy atom. The van der Waals surface area contributed by atoms with Crippen molar-refractivity contribution in [2.75, 3.05) is 0 Å². The molecule has 20 heavy (non-hydrogen) atoms. The first-order valence-electron chi connectivity index (χ1n) is 6.31. The molecule has 0 fully saturated rings. The van der Waals surface area contributed by atoms with Crippen molar-refractivity contribution in [3.63, 3.8) is 0 Å². The van der Waals surface area contributed by atoms with Crippen LogP contribution in [0.3, 0.4) is 0 Å². The standard InChI is InChI=1S/C16H10FN3/c17-12-7-2-8-13-15(12)20-16(19-13)11-6-1-4-10-5-3-9-18-14(10)11/h1-9H,(H,19,20). The lowest BCUT2D eigenvalue weighted by Crippen LogP contribution is -1.85. The van der Waals surface area contributed by atoms with Gasteiger partial charge in [-0.15, -0.1) is 0 Å². The van der Waals surface area contributed by atoms with Crippen molar-refractivity contribution >= 4 is 21.9 Å². The van der Waals surface area contributed by atoms with Gasteiger partial charge in [-0.2, -0.15) is 0 Å². The average molecular weight is 263 g/mol. The first-order chi connectivity index (χ1) is 9.83. The number of H-pyrrole nitrogens is 1. The number of imidazole rings is 1. The Morgan fingerprint density at radius 1 is 0.900 bits per heavy atom. The minimum Gasteiger partial charge on any atom is -0.338 e. The summed E-state index contributed by atoms with van der Waals surface area (Å²) in [6.07, 6.45) is 1.75. The number of nitrogens with one attached hydrogen (secondary N) is 1. The van der Waals surface area contributed by atoms with E-state index in [0.29, 0.717) is 16.9 Å². The molecule has 1 N–H and O–H groups in total. The number of nitrogens with zero attached hydrogens (tertiary/aromatic N) is 2. The monoisotopic (exact) mass is 263 g/mol. The van der Waals surface area contributed by atoms with Crippen molar-refractivity contribution in [3.05, 3.63) is 60.5 Å². The molecule has 0 unspecified atom stereocenters. The van der Waals surface area contributed by atoms with Gasteiger partial charge in [-0.3, -0.25) is 4.98 Å². The molecule has 2 aromatic carbocycles. The minimum absolute atomic E-state index is 0.321. The highest BCUT2D eigenvalue weighted by atomic mass is 19.1. The van der Waals surface area contributed by atoms with Gasteiger partial charge in [0.2, 0.25) is 0 Å². The zero-order valence-corrected chi connectivity index (χ0v) is 10.5. The summed E-state index contributed by atoms with van der Waals surface area (Å²) in [5.74, 6) is 0.313. The Labute approximate surface area is 114 Å². The highest BCUT2D eigenvalue weighted by Gasteiger charge is 2.11. The first-order valence-corrected chi connectivity index (χ1v) is 6.31. The molecule has 4 rings (SSSR count). The molecule has 0 atom stereocenters. The van der Waals surface area contributed by atoms with E-state index >= 15 is 0 Å². The summed E-state index contributed by atoms with van der Waals surface area (Å²) in [7, 11) is 0. The van der Waals surface area contributed by atoms with Gasteiger partial charge in [0, 0.05) is 17.1 Å². The van der Waals surface area contributed by atoms with Crippen LogP contribution >= 0.6 is 0 Å². The number of aromatic amines is 1. The summed E-state index contributed by atoms with van der Waals surface area (Å²) in [4.78, 5) is 11.9. The molecule has 0 saturated carbocycles. The quantitative estimate of drug-likeness (QED) is 0.565. The second kappa shape index (κ2) is 4.13. The number of halogens is 1. The van der Waals surface area contributed by atoms with E-state index < -0.39 is 0 Å². The number of para-hydroxylation sites is 2. The van der Waals surface area contributed by atoms with Crippen LogP contribution in [0.25, 0.3) is 33.3 Å². The molecule has 3 nitrogen and oxygen atoms in total. The highest BCUT2D eigenvalue weighted by Crippen LogP contribution is 2.27. The molecule has 0 radical (unpaired) electrons. The fourth-order valence-electron chi connectivity index (χ4n) is 2.42. The first kappa shape index (κ1) is 11.1. The minimum atomic E-state index is -0.321. The number of hydrogen-bond donors (Lipinski definition) is 1. The molecule has 0 aliphatic carbocycles. The summed E-state index contributed by atoms with van der Waals surface area (Å²) >= 11 is 0. The largest absolute Gasteiger partial charge is 0.338 e. The lowest BCUT2D eigenvalue weighted by molar-refractivity contribution is 0.637. The van der Waals surface area contributed by atoms with Crippen molar-refractivity contribution < 1.29 is 4.39 Å². The van der Waals surface area contributed by atoms with Crippen LogP contribution in [-0.4, -0.2) is 15.0 Å². The Morgan fingerprint density at radius 3 is 2.65 bits per heavy atom. The summed E-state index contributed by atoms with van der Waals surface area (Å²) in [5.41, 5.74) is 2.77. The van der Waals surface area contributed by atoms with Crippen LogP contribution in [0.1, 0.15) is 0 Å².